The lowest BCUT2D eigenvalue weighted by Crippen LogP contribution is -2.58. The van der Waals surface area contributed by atoms with Crippen molar-refractivity contribution in [2.24, 2.45) is 0 Å². The molecule has 0 radical (unpaired) electrons. The molecule has 18 heavy (non-hydrogen) atoms. The zero-order valence-electron chi connectivity index (χ0n) is 11.1. The van der Waals surface area contributed by atoms with E-state index in [1.165, 1.54) is 5.56 Å². The lowest BCUT2D eigenvalue weighted by atomic mass is 10.1. The van der Waals surface area contributed by atoms with Gasteiger partial charge < -0.3 is 10.2 Å². The molecule has 1 heterocycles. The van der Waals surface area contributed by atoms with Gasteiger partial charge in [0.2, 0.25) is 5.91 Å². The highest BCUT2D eigenvalue weighted by Crippen LogP contribution is 2.10. The van der Waals surface area contributed by atoms with Gasteiger partial charge in [-0.25, -0.2) is 0 Å². The smallest absolute Gasteiger partial charge is 0.222 e. The van der Waals surface area contributed by atoms with Crippen LogP contribution in [0.4, 0.5) is 0 Å². The molecule has 0 saturated carbocycles. The van der Waals surface area contributed by atoms with Crippen molar-refractivity contribution < 1.29 is 4.79 Å². The highest BCUT2D eigenvalue weighted by Gasteiger charge is 2.26. The fraction of sp³-hybridized carbons (Fsp3) is 0.533. The number of nitrogens with zero attached hydrogens (tertiary/aromatic N) is 1. The summed E-state index contributed by atoms with van der Waals surface area (Å²) < 4.78 is 0. The van der Waals surface area contributed by atoms with Crippen LogP contribution in [-0.2, 0) is 11.2 Å². The van der Waals surface area contributed by atoms with Crippen LogP contribution in [0.25, 0.3) is 0 Å². The van der Waals surface area contributed by atoms with Crippen LogP contribution in [-0.4, -0.2) is 36.5 Å². The predicted molar refractivity (Wildman–Crippen MR) is 73.4 cm³/mol. The van der Waals surface area contributed by atoms with E-state index < -0.39 is 0 Å². The number of aryl methyl sites for hydroxylation is 1. The molecule has 0 bridgehead atoms. The summed E-state index contributed by atoms with van der Waals surface area (Å²) in [4.78, 5) is 14.1. The first-order valence-corrected chi connectivity index (χ1v) is 6.85. The van der Waals surface area contributed by atoms with Gasteiger partial charge in [0.05, 0.1) is 6.04 Å². The average Bonchev–Trinajstić information content (AvgIpc) is 2.34. The van der Waals surface area contributed by atoms with Crippen molar-refractivity contribution in [3.8, 4) is 0 Å². The molecule has 1 aromatic carbocycles. The van der Waals surface area contributed by atoms with Crippen LogP contribution >= 0.6 is 0 Å². The Labute approximate surface area is 109 Å². The second-order valence-corrected chi connectivity index (χ2v) is 4.83. The summed E-state index contributed by atoms with van der Waals surface area (Å²) in [6, 6.07) is 10.8. The van der Waals surface area contributed by atoms with E-state index in [0.717, 1.165) is 32.5 Å². The van der Waals surface area contributed by atoms with Crippen molar-refractivity contribution in [2.45, 2.75) is 32.2 Å². The average molecular weight is 246 g/mol. The molecular weight excluding hydrogens is 224 g/mol. The Hall–Kier alpha value is -1.35. The summed E-state index contributed by atoms with van der Waals surface area (Å²) in [5, 5.41) is 3.22. The Morgan fingerprint density at radius 3 is 2.61 bits per heavy atom. The van der Waals surface area contributed by atoms with Crippen LogP contribution in [0.5, 0.6) is 0 Å². The number of benzene rings is 1. The first kappa shape index (κ1) is 13.1. The van der Waals surface area contributed by atoms with Gasteiger partial charge in [-0.2, -0.15) is 0 Å². The Morgan fingerprint density at radius 1 is 1.33 bits per heavy atom. The highest BCUT2D eigenvalue weighted by atomic mass is 16.2. The summed E-state index contributed by atoms with van der Waals surface area (Å²) in [6.07, 6.45) is 2.60. The van der Waals surface area contributed by atoms with Crippen LogP contribution in [0.3, 0.4) is 0 Å². The second-order valence-electron chi connectivity index (χ2n) is 4.83. The molecule has 0 atom stereocenters. The zero-order chi connectivity index (χ0) is 12.8. The highest BCUT2D eigenvalue weighted by molar-refractivity contribution is 5.76. The molecule has 98 valence electrons. The Bertz CT molecular complexity index is 373. The summed E-state index contributed by atoms with van der Waals surface area (Å²) in [5.74, 6) is 0.305. The number of nitrogens with one attached hydrogen (secondary N) is 1. The van der Waals surface area contributed by atoms with Gasteiger partial charge in [-0.15, -0.1) is 0 Å². The van der Waals surface area contributed by atoms with E-state index in [-0.39, 0.29) is 0 Å². The first-order valence-electron chi connectivity index (χ1n) is 6.85. The number of rotatable bonds is 6. The van der Waals surface area contributed by atoms with Crippen LogP contribution in [0.2, 0.25) is 0 Å². The minimum absolute atomic E-state index is 0.305. The molecule has 1 saturated heterocycles. The van der Waals surface area contributed by atoms with E-state index in [9.17, 15) is 4.79 Å². The van der Waals surface area contributed by atoms with Gasteiger partial charge in [-0.3, -0.25) is 4.79 Å². The number of likely N-dealkylation sites (N-methyl/N-ethyl adjacent to an activating group) is 1. The van der Waals surface area contributed by atoms with Crippen molar-refractivity contribution in [3.63, 3.8) is 0 Å². The maximum absolute atomic E-state index is 12.1. The van der Waals surface area contributed by atoms with E-state index in [2.05, 4.69) is 36.5 Å². The minimum atomic E-state index is 0.305. The quantitative estimate of drug-likeness (QED) is 0.830. The molecule has 0 aliphatic carbocycles. The molecule has 1 aliphatic heterocycles. The Morgan fingerprint density at radius 2 is 2.06 bits per heavy atom. The molecule has 1 aliphatic rings. The SMILES string of the molecule is CCN(C(=O)CCCc1ccccc1)C1CNC1. The van der Waals surface area contributed by atoms with Crippen molar-refractivity contribution in [2.75, 3.05) is 19.6 Å². The van der Waals surface area contributed by atoms with Crippen molar-refractivity contribution in [3.05, 3.63) is 35.9 Å². The molecular formula is C15H22N2O. The molecule has 3 heteroatoms. The third kappa shape index (κ3) is 3.33. The van der Waals surface area contributed by atoms with E-state index in [1.807, 2.05) is 11.0 Å². The number of amides is 1. The van der Waals surface area contributed by atoms with E-state index in [4.69, 9.17) is 0 Å². The third-order valence-electron chi connectivity index (χ3n) is 3.56. The van der Waals surface area contributed by atoms with Gasteiger partial charge in [0, 0.05) is 26.1 Å². The Balaban J connectivity index is 1.73. The van der Waals surface area contributed by atoms with E-state index in [1.54, 1.807) is 0 Å². The first-order chi connectivity index (χ1) is 8.81. The molecule has 3 nitrogen and oxygen atoms in total. The lowest BCUT2D eigenvalue weighted by Gasteiger charge is -2.37. The van der Waals surface area contributed by atoms with Gasteiger partial charge >= 0.3 is 0 Å². The van der Waals surface area contributed by atoms with E-state index >= 15 is 0 Å². The van der Waals surface area contributed by atoms with Crippen molar-refractivity contribution in [1.29, 1.82) is 0 Å². The lowest BCUT2D eigenvalue weighted by molar-refractivity contribution is -0.134. The van der Waals surface area contributed by atoms with E-state index in [0.29, 0.717) is 18.4 Å². The third-order valence-corrected chi connectivity index (χ3v) is 3.56. The van der Waals surface area contributed by atoms with Crippen LogP contribution in [0.1, 0.15) is 25.3 Å². The standard InChI is InChI=1S/C15H22N2O/c1-2-17(14-11-16-12-14)15(18)10-6-9-13-7-4-3-5-8-13/h3-5,7-8,14,16H,2,6,9-12H2,1H3. The molecule has 2 rings (SSSR count). The van der Waals surface area contributed by atoms with Gasteiger partial charge in [-0.1, -0.05) is 30.3 Å². The topological polar surface area (TPSA) is 32.3 Å². The van der Waals surface area contributed by atoms with Gasteiger partial charge in [0.1, 0.15) is 0 Å². The van der Waals surface area contributed by atoms with Crippen LogP contribution in [0.15, 0.2) is 30.3 Å². The van der Waals surface area contributed by atoms with Crippen LogP contribution < -0.4 is 5.32 Å². The van der Waals surface area contributed by atoms with Gasteiger partial charge in [-0.05, 0) is 25.3 Å². The fourth-order valence-corrected chi connectivity index (χ4v) is 2.36. The summed E-state index contributed by atoms with van der Waals surface area (Å²) in [7, 11) is 0. The molecule has 1 fully saturated rings. The number of carbonyl (C=O) groups is 1. The number of hydrogen-bond donors (Lipinski definition) is 1. The summed E-state index contributed by atoms with van der Waals surface area (Å²) >= 11 is 0. The molecule has 0 unspecified atom stereocenters. The fourth-order valence-electron chi connectivity index (χ4n) is 2.36. The molecule has 1 N–H and O–H groups in total. The second kappa shape index (κ2) is 6.55. The molecule has 0 aromatic heterocycles. The Kier molecular flexibility index (Phi) is 4.76. The van der Waals surface area contributed by atoms with Gasteiger partial charge in [0.15, 0.2) is 0 Å². The summed E-state index contributed by atoms with van der Waals surface area (Å²) in [6.45, 7) is 4.81. The monoisotopic (exact) mass is 246 g/mol. The van der Waals surface area contributed by atoms with Crippen LogP contribution in [0, 0.1) is 0 Å². The largest absolute Gasteiger partial charge is 0.337 e. The maximum atomic E-state index is 12.1. The molecule has 0 spiro atoms. The van der Waals surface area contributed by atoms with Gasteiger partial charge in [0.25, 0.3) is 0 Å². The van der Waals surface area contributed by atoms with Crippen molar-refractivity contribution >= 4 is 5.91 Å². The van der Waals surface area contributed by atoms with Crippen molar-refractivity contribution in [1.82, 2.24) is 10.2 Å². The number of hydrogen-bond acceptors (Lipinski definition) is 2. The normalized spacial score (nSPS) is 15.2. The molecule has 1 amide bonds. The zero-order valence-corrected chi connectivity index (χ0v) is 11.1. The maximum Gasteiger partial charge on any atom is 0.222 e. The predicted octanol–water partition coefficient (Wildman–Crippen LogP) is 1.83. The summed E-state index contributed by atoms with van der Waals surface area (Å²) in [5.41, 5.74) is 1.32. The number of carbonyl (C=O) groups excluding carboxylic acids is 1. The molecule has 1 aromatic rings. The minimum Gasteiger partial charge on any atom is -0.337 e.